The first kappa shape index (κ1) is 31.2. The van der Waals surface area contributed by atoms with Crippen LogP contribution in [0.25, 0.3) is 0 Å². The van der Waals surface area contributed by atoms with Gasteiger partial charge in [-0.25, -0.2) is 8.42 Å². The molecule has 1 aliphatic carbocycles. The first-order valence-corrected chi connectivity index (χ1v) is 17.7. The van der Waals surface area contributed by atoms with Gasteiger partial charge in [0, 0.05) is 48.8 Å². The number of piperazine rings is 1. The first-order valence-electron chi connectivity index (χ1n) is 15.7. The second kappa shape index (κ2) is 13.2. The van der Waals surface area contributed by atoms with Gasteiger partial charge in [-0.1, -0.05) is 36.6 Å². The van der Waals surface area contributed by atoms with Gasteiger partial charge in [0.25, 0.3) is 0 Å². The Kier molecular flexibility index (Phi) is 10.0. The van der Waals surface area contributed by atoms with E-state index in [1.54, 1.807) is 4.31 Å². The van der Waals surface area contributed by atoms with Crippen LogP contribution >= 0.6 is 11.6 Å². The van der Waals surface area contributed by atoms with E-state index in [-0.39, 0.29) is 47.2 Å². The number of nitrogens with two attached hydrogens (primary N) is 1. The number of amides is 1. The highest BCUT2D eigenvalue weighted by molar-refractivity contribution is 7.89. The Morgan fingerprint density at radius 2 is 1.90 bits per heavy atom. The van der Waals surface area contributed by atoms with Gasteiger partial charge >= 0.3 is 0 Å². The Balaban J connectivity index is 1.26. The van der Waals surface area contributed by atoms with Crippen LogP contribution in [-0.2, 0) is 19.6 Å². The number of sulfonamides is 1. The minimum atomic E-state index is -3.21. The molecule has 1 amide bonds. The summed E-state index contributed by atoms with van der Waals surface area (Å²) in [7, 11) is -3.21. The molecule has 230 valence electrons. The monoisotopic (exact) mass is 608 g/mol. The Bertz CT molecular complexity index is 1150. The summed E-state index contributed by atoms with van der Waals surface area (Å²) in [6, 6.07) is 7.40. The van der Waals surface area contributed by atoms with Gasteiger partial charge < -0.3 is 21.1 Å². The van der Waals surface area contributed by atoms with Crippen molar-refractivity contribution < 1.29 is 17.9 Å². The van der Waals surface area contributed by atoms with Crippen molar-refractivity contribution in [1.82, 2.24) is 14.9 Å². The van der Waals surface area contributed by atoms with Crippen molar-refractivity contribution in [3.63, 3.8) is 0 Å². The summed E-state index contributed by atoms with van der Waals surface area (Å²) in [6.07, 6.45) is 9.26. The summed E-state index contributed by atoms with van der Waals surface area (Å²) in [6.45, 7) is 6.17. The number of halogens is 1. The Hall–Kier alpha value is -1.23. The standard InChI is InChI=1S/C31H49ClN4O4S/c1-31(2)18-23(15-16-40-31)28(22-9-12-24(32)13-10-22)29(33)30(37)35-27-8-4-3-6-21(27)11-14-26-19-34-25-7-5-17-41(38,39)36(26)20-25/h9-10,12-13,21,23,25-29,34H,3-8,11,14-20,33H2,1-2H3,(H,35,37)/t21-,23+,25-,26+,27+,28?,29?/m1/s1. The third kappa shape index (κ3) is 7.65. The molecule has 8 nitrogen and oxygen atoms in total. The summed E-state index contributed by atoms with van der Waals surface area (Å²) in [4.78, 5) is 13.8. The van der Waals surface area contributed by atoms with Crippen molar-refractivity contribution in [2.24, 2.45) is 17.6 Å². The van der Waals surface area contributed by atoms with Crippen LogP contribution in [0.15, 0.2) is 24.3 Å². The van der Waals surface area contributed by atoms with Crippen LogP contribution in [0.2, 0.25) is 5.02 Å². The SMILES string of the molecule is CC1(C)C[C@@H](C(c2ccc(Cl)cc2)C(N)C(=O)N[C@H]2CCCC[C@@H]2CC[C@H]2CN[C@@H]3CCCS(=O)(=O)N2C3)CCO1. The summed E-state index contributed by atoms with van der Waals surface area (Å²) in [5.41, 5.74) is 7.62. The molecular formula is C31H49ClN4O4S. The molecular weight excluding hydrogens is 560 g/mol. The number of ether oxygens (including phenoxy) is 1. The summed E-state index contributed by atoms with van der Waals surface area (Å²) >= 11 is 6.20. The van der Waals surface area contributed by atoms with Gasteiger partial charge in [0.15, 0.2) is 0 Å². The maximum atomic E-state index is 13.8. The molecule has 4 aliphatic rings. The zero-order chi connectivity index (χ0) is 29.2. The van der Waals surface area contributed by atoms with Crippen LogP contribution in [0.5, 0.6) is 0 Å². The predicted octanol–water partition coefficient (Wildman–Crippen LogP) is 4.18. The number of hydrogen-bond donors (Lipinski definition) is 3. The second-order valence-corrected chi connectivity index (χ2v) is 16.0. The van der Waals surface area contributed by atoms with Crippen LogP contribution in [0, 0.1) is 11.8 Å². The zero-order valence-corrected chi connectivity index (χ0v) is 26.3. The van der Waals surface area contributed by atoms with Gasteiger partial charge in [-0.05, 0) is 94.7 Å². The molecule has 1 aromatic carbocycles. The van der Waals surface area contributed by atoms with Gasteiger partial charge in [-0.2, -0.15) is 4.31 Å². The van der Waals surface area contributed by atoms with Crippen molar-refractivity contribution in [1.29, 1.82) is 0 Å². The number of rotatable bonds is 8. The van der Waals surface area contributed by atoms with Crippen molar-refractivity contribution in [2.45, 2.75) is 114 Å². The number of benzene rings is 1. The number of carbonyl (C=O) groups is 1. The summed E-state index contributed by atoms with van der Waals surface area (Å²) < 4.78 is 33.6. The molecule has 1 saturated carbocycles. The third-order valence-electron chi connectivity index (χ3n) is 10.1. The molecule has 0 radical (unpaired) electrons. The average molecular weight is 609 g/mol. The molecule has 8 atom stereocenters. The lowest BCUT2D eigenvalue weighted by molar-refractivity contribution is -0.126. The van der Waals surface area contributed by atoms with Gasteiger partial charge in [-0.15, -0.1) is 0 Å². The maximum Gasteiger partial charge on any atom is 0.237 e. The van der Waals surface area contributed by atoms with Gasteiger partial charge in [-0.3, -0.25) is 4.79 Å². The predicted molar refractivity (Wildman–Crippen MR) is 163 cm³/mol. The smallest absolute Gasteiger partial charge is 0.237 e. The maximum absolute atomic E-state index is 13.8. The van der Waals surface area contributed by atoms with Gasteiger partial charge in [0.2, 0.25) is 15.9 Å². The van der Waals surface area contributed by atoms with E-state index in [9.17, 15) is 13.2 Å². The highest BCUT2D eigenvalue weighted by Crippen LogP contribution is 2.40. The van der Waals surface area contributed by atoms with Gasteiger partial charge in [0.05, 0.1) is 17.4 Å². The Morgan fingerprint density at radius 3 is 2.66 bits per heavy atom. The second-order valence-electron chi connectivity index (χ2n) is 13.5. The number of carbonyl (C=O) groups excluding carboxylic acids is 1. The molecule has 4 N–H and O–H groups in total. The molecule has 10 heteroatoms. The van der Waals surface area contributed by atoms with E-state index in [1.165, 1.54) is 0 Å². The van der Waals surface area contributed by atoms with Crippen molar-refractivity contribution in [2.75, 3.05) is 25.4 Å². The van der Waals surface area contributed by atoms with E-state index in [4.69, 9.17) is 22.1 Å². The largest absolute Gasteiger partial charge is 0.376 e. The van der Waals surface area contributed by atoms with Crippen LogP contribution in [-0.4, -0.2) is 73.8 Å². The fourth-order valence-electron chi connectivity index (χ4n) is 7.88. The quantitative estimate of drug-likeness (QED) is 0.408. The number of nitrogens with zero attached hydrogens (tertiary/aromatic N) is 1. The highest BCUT2D eigenvalue weighted by atomic mass is 35.5. The fourth-order valence-corrected chi connectivity index (χ4v) is 9.81. The fraction of sp³-hybridized carbons (Fsp3) is 0.774. The lowest BCUT2D eigenvalue weighted by atomic mass is 9.73. The third-order valence-corrected chi connectivity index (χ3v) is 12.3. The van der Waals surface area contributed by atoms with Crippen LogP contribution in [0.1, 0.15) is 89.5 Å². The number of fused-ring (bicyclic) bond motifs is 2. The topological polar surface area (TPSA) is 114 Å². The molecule has 3 heterocycles. The van der Waals surface area contributed by atoms with E-state index in [2.05, 4.69) is 24.5 Å². The van der Waals surface area contributed by atoms with Crippen molar-refractivity contribution in [3.05, 3.63) is 34.9 Å². The minimum Gasteiger partial charge on any atom is -0.376 e. The zero-order valence-electron chi connectivity index (χ0n) is 24.7. The van der Waals surface area contributed by atoms with E-state index in [1.807, 2.05) is 24.3 Å². The lowest BCUT2D eigenvalue weighted by Gasteiger charge is -2.42. The molecule has 1 aromatic rings. The van der Waals surface area contributed by atoms with Crippen molar-refractivity contribution >= 4 is 27.5 Å². The molecule has 5 rings (SSSR count). The number of nitrogens with one attached hydrogen (secondary N) is 2. The van der Waals surface area contributed by atoms with Crippen molar-refractivity contribution in [3.8, 4) is 0 Å². The first-order chi connectivity index (χ1) is 19.5. The highest BCUT2D eigenvalue weighted by Gasteiger charge is 2.41. The van der Waals surface area contributed by atoms with Gasteiger partial charge in [0.1, 0.15) is 0 Å². The van der Waals surface area contributed by atoms with E-state index in [0.29, 0.717) is 30.6 Å². The molecule has 3 saturated heterocycles. The molecule has 41 heavy (non-hydrogen) atoms. The molecule has 0 aromatic heterocycles. The normalized spacial score (nSPS) is 34.6. The van der Waals surface area contributed by atoms with Crippen LogP contribution in [0.3, 0.4) is 0 Å². The summed E-state index contributed by atoms with van der Waals surface area (Å²) in [5, 5.41) is 7.63. The molecule has 3 aliphatic heterocycles. The average Bonchev–Trinajstić information content (AvgIpc) is 3.04. The summed E-state index contributed by atoms with van der Waals surface area (Å²) in [5.74, 6) is 0.570. The van der Waals surface area contributed by atoms with Crippen LogP contribution in [0.4, 0.5) is 0 Å². The molecule has 0 spiro atoms. The molecule has 3 unspecified atom stereocenters. The van der Waals surface area contributed by atoms with E-state index in [0.717, 1.165) is 69.8 Å². The Labute approximate surface area is 251 Å². The molecule has 4 fully saturated rings. The van der Waals surface area contributed by atoms with Crippen LogP contribution < -0.4 is 16.4 Å². The Morgan fingerprint density at radius 1 is 1.15 bits per heavy atom. The lowest BCUT2D eigenvalue weighted by Crippen LogP contribution is -2.57. The van der Waals surface area contributed by atoms with E-state index >= 15 is 0 Å². The molecule has 2 bridgehead atoms. The minimum absolute atomic E-state index is 0.0129. The number of hydrogen-bond acceptors (Lipinski definition) is 6. The van der Waals surface area contributed by atoms with E-state index < -0.39 is 16.1 Å².